The minimum Gasteiger partial charge on any atom is -0.289 e. The predicted octanol–water partition coefficient (Wildman–Crippen LogP) is 4.09. The van der Waals surface area contributed by atoms with E-state index in [1.165, 1.54) is 12.1 Å². The van der Waals surface area contributed by atoms with E-state index < -0.39 is 23.1 Å². The molecule has 0 fully saturated rings. The number of carbonyl (C=O) groups is 1. The predicted molar refractivity (Wildman–Crippen MR) is 66.8 cm³/mol. The van der Waals surface area contributed by atoms with Crippen molar-refractivity contribution in [2.45, 2.75) is 6.18 Å². The van der Waals surface area contributed by atoms with Gasteiger partial charge in [0.15, 0.2) is 5.78 Å². The zero-order valence-electron chi connectivity index (χ0n) is 9.41. The Labute approximate surface area is 115 Å². The third kappa shape index (κ3) is 3.01. The first kappa shape index (κ1) is 13.7. The number of hydrogen-bond donors (Lipinski definition) is 0. The Morgan fingerprint density at radius 1 is 1.11 bits per heavy atom. The third-order valence-electron chi connectivity index (χ3n) is 2.48. The molecular formula is C13H7BrF3NO. The first-order valence-corrected chi connectivity index (χ1v) is 6.00. The van der Waals surface area contributed by atoms with Crippen LogP contribution in [-0.4, -0.2) is 10.8 Å². The van der Waals surface area contributed by atoms with Crippen molar-refractivity contribution in [2.75, 3.05) is 0 Å². The van der Waals surface area contributed by atoms with Gasteiger partial charge in [0.25, 0.3) is 0 Å². The van der Waals surface area contributed by atoms with E-state index in [0.717, 1.165) is 22.9 Å². The fraction of sp³-hybridized carbons (Fsp3) is 0.0769. The van der Waals surface area contributed by atoms with E-state index in [4.69, 9.17) is 0 Å². The molecule has 1 aromatic carbocycles. The van der Waals surface area contributed by atoms with Gasteiger partial charge < -0.3 is 0 Å². The van der Waals surface area contributed by atoms with Gasteiger partial charge in [0.1, 0.15) is 0 Å². The van der Waals surface area contributed by atoms with Crippen LogP contribution in [0.4, 0.5) is 13.2 Å². The average Bonchev–Trinajstić information content (AvgIpc) is 2.38. The molecule has 1 aromatic heterocycles. The van der Waals surface area contributed by atoms with Crippen molar-refractivity contribution in [2.24, 2.45) is 0 Å². The molecule has 0 aliphatic rings. The van der Waals surface area contributed by atoms with Crippen LogP contribution < -0.4 is 0 Å². The molecule has 1 heterocycles. The molecule has 6 heteroatoms. The molecule has 2 aromatic rings. The summed E-state index contributed by atoms with van der Waals surface area (Å²) in [6.45, 7) is 0. The normalized spacial score (nSPS) is 11.4. The molecule has 2 nitrogen and oxygen atoms in total. The largest absolute Gasteiger partial charge is 0.417 e. The number of halogens is 4. The van der Waals surface area contributed by atoms with Crippen LogP contribution in [0.2, 0.25) is 0 Å². The van der Waals surface area contributed by atoms with Gasteiger partial charge in [0.2, 0.25) is 0 Å². The molecule has 0 aliphatic heterocycles. The summed E-state index contributed by atoms with van der Waals surface area (Å²) in [5.74, 6) is -0.701. The molecule has 2 rings (SSSR count). The van der Waals surface area contributed by atoms with Crippen molar-refractivity contribution >= 4 is 21.7 Å². The van der Waals surface area contributed by atoms with Crippen molar-refractivity contribution in [1.29, 1.82) is 0 Å². The lowest BCUT2D eigenvalue weighted by atomic mass is 10.0. The summed E-state index contributed by atoms with van der Waals surface area (Å²) in [4.78, 5) is 15.7. The number of carbonyl (C=O) groups excluding carboxylic acids is 1. The van der Waals surface area contributed by atoms with Crippen LogP contribution in [0.3, 0.4) is 0 Å². The highest BCUT2D eigenvalue weighted by Crippen LogP contribution is 2.32. The van der Waals surface area contributed by atoms with Gasteiger partial charge in [-0.3, -0.25) is 9.78 Å². The highest BCUT2D eigenvalue weighted by Gasteiger charge is 2.35. The van der Waals surface area contributed by atoms with Crippen molar-refractivity contribution < 1.29 is 18.0 Å². The van der Waals surface area contributed by atoms with E-state index in [0.29, 0.717) is 0 Å². The molecule has 0 saturated heterocycles. The van der Waals surface area contributed by atoms with Crippen LogP contribution in [0.25, 0.3) is 0 Å². The van der Waals surface area contributed by atoms with Crippen molar-refractivity contribution in [3.05, 3.63) is 63.9 Å². The standard InChI is InChI=1S/C13H7BrF3NO/c14-9-3-1-8(2-4-9)12(19)10-7-18-6-5-11(10)13(15,16)17/h1-7H. The Morgan fingerprint density at radius 3 is 2.32 bits per heavy atom. The highest BCUT2D eigenvalue weighted by molar-refractivity contribution is 9.10. The van der Waals surface area contributed by atoms with Crippen molar-refractivity contribution in [3.63, 3.8) is 0 Å². The number of aromatic nitrogens is 1. The summed E-state index contributed by atoms with van der Waals surface area (Å²) in [6.07, 6.45) is -2.63. The number of ketones is 1. The van der Waals surface area contributed by atoms with E-state index in [1.54, 1.807) is 12.1 Å². The maximum atomic E-state index is 12.8. The van der Waals surface area contributed by atoms with E-state index >= 15 is 0 Å². The lowest BCUT2D eigenvalue weighted by Gasteiger charge is -2.11. The summed E-state index contributed by atoms with van der Waals surface area (Å²) in [6, 6.07) is 6.90. The van der Waals surface area contributed by atoms with Crippen LogP contribution in [0.1, 0.15) is 21.5 Å². The topological polar surface area (TPSA) is 30.0 Å². The number of rotatable bonds is 2. The SMILES string of the molecule is O=C(c1ccc(Br)cc1)c1cnccc1C(F)(F)F. The quantitative estimate of drug-likeness (QED) is 0.776. The molecule has 0 amide bonds. The molecule has 98 valence electrons. The summed E-state index contributed by atoms with van der Waals surface area (Å²) >= 11 is 3.19. The van der Waals surface area contributed by atoms with Gasteiger partial charge in [-0.2, -0.15) is 13.2 Å². The molecule has 0 spiro atoms. The maximum absolute atomic E-state index is 12.8. The maximum Gasteiger partial charge on any atom is 0.417 e. The monoisotopic (exact) mass is 329 g/mol. The number of nitrogens with zero attached hydrogens (tertiary/aromatic N) is 1. The smallest absolute Gasteiger partial charge is 0.289 e. The zero-order chi connectivity index (χ0) is 14.0. The Hall–Kier alpha value is -1.69. The first-order valence-electron chi connectivity index (χ1n) is 5.21. The van der Waals surface area contributed by atoms with Gasteiger partial charge in [-0.1, -0.05) is 15.9 Å². The lowest BCUT2D eigenvalue weighted by Crippen LogP contribution is -2.14. The Balaban J connectivity index is 2.48. The molecule has 0 saturated carbocycles. The second kappa shape index (κ2) is 5.13. The van der Waals surface area contributed by atoms with Crippen LogP contribution in [-0.2, 0) is 6.18 Å². The van der Waals surface area contributed by atoms with Crippen molar-refractivity contribution in [1.82, 2.24) is 4.98 Å². The number of pyridine rings is 1. The summed E-state index contributed by atoms with van der Waals surface area (Å²) in [5.41, 5.74) is -1.24. The molecule has 0 N–H and O–H groups in total. The zero-order valence-corrected chi connectivity index (χ0v) is 11.0. The van der Waals surface area contributed by atoms with E-state index in [-0.39, 0.29) is 5.56 Å². The summed E-state index contributed by atoms with van der Waals surface area (Å²) < 4.78 is 39.1. The van der Waals surface area contributed by atoms with Crippen LogP contribution in [0.5, 0.6) is 0 Å². The fourth-order valence-electron chi connectivity index (χ4n) is 1.58. The van der Waals surface area contributed by atoms with Gasteiger partial charge in [0.05, 0.1) is 11.1 Å². The minimum atomic E-state index is -4.58. The number of alkyl halides is 3. The summed E-state index contributed by atoms with van der Waals surface area (Å²) in [5, 5.41) is 0. The third-order valence-corrected chi connectivity index (χ3v) is 3.01. The number of benzene rings is 1. The second-order valence-corrected chi connectivity index (χ2v) is 4.67. The highest BCUT2D eigenvalue weighted by atomic mass is 79.9. The van der Waals surface area contributed by atoms with Gasteiger partial charge in [-0.15, -0.1) is 0 Å². The van der Waals surface area contributed by atoms with Gasteiger partial charge in [-0.05, 0) is 30.3 Å². The van der Waals surface area contributed by atoms with Gasteiger partial charge >= 0.3 is 6.18 Å². The Morgan fingerprint density at radius 2 is 1.74 bits per heavy atom. The average molecular weight is 330 g/mol. The van der Waals surface area contributed by atoms with Crippen LogP contribution >= 0.6 is 15.9 Å². The van der Waals surface area contributed by atoms with Crippen LogP contribution in [0, 0.1) is 0 Å². The van der Waals surface area contributed by atoms with E-state index in [9.17, 15) is 18.0 Å². The first-order chi connectivity index (χ1) is 8.89. The Bertz CT molecular complexity index is 608. The van der Waals surface area contributed by atoms with E-state index in [1.807, 2.05) is 0 Å². The van der Waals surface area contributed by atoms with E-state index in [2.05, 4.69) is 20.9 Å². The molecule has 0 atom stereocenters. The molecule has 0 unspecified atom stereocenters. The number of hydrogen-bond acceptors (Lipinski definition) is 2. The molecule has 19 heavy (non-hydrogen) atoms. The second-order valence-electron chi connectivity index (χ2n) is 3.76. The van der Waals surface area contributed by atoms with Crippen LogP contribution in [0.15, 0.2) is 47.2 Å². The minimum absolute atomic E-state index is 0.182. The summed E-state index contributed by atoms with van der Waals surface area (Å²) in [7, 11) is 0. The molecule has 0 bridgehead atoms. The fourth-order valence-corrected chi connectivity index (χ4v) is 1.84. The van der Waals surface area contributed by atoms with Gasteiger partial charge in [0, 0.05) is 22.4 Å². The van der Waals surface area contributed by atoms with Gasteiger partial charge in [-0.25, -0.2) is 0 Å². The van der Waals surface area contributed by atoms with Crippen molar-refractivity contribution in [3.8, 4) is 0 Å². The molecule has 0 aliphatic carbocycles. The molecular weight excluding hydrogens is 323 g/mol. The molecule has 0 radical (unpaired) electrons. The lowest BCUT2D eigenvalue weighted by molar-refractivity contribution is -0.137. The Kier molecular flexibility index (Phi) is 3.71.